The van der Waals surface area contributed by atoms with E-state index in [1.807, 2.05) is 58.0 Å². The molecule has 0 saturated heterocycles. The maximum absolute atomic E-state index is 14.5. The third-order valence-corrected chi connectivity index (χ3v) is 9.18. The van der Waals surface area contributed by atoms with Crippen LogP contribution in [0.2, 0.25) is 0 Å². The maximum atomic E-state index is 14.5. The summed E-state index contributed by atoms with van der Waals surface area (Å²) in [6.45, 7) is 12.2. The summed E-state index contributed by atoms with van der Waals surface area (Å²) in [5, 5.41) is 0. The van der Waals surface area contributed by atoms with Crippen LogP contribution in [-0.4, -0.2) is 0 Å². The molecule has 0 fully saturated rings. The average molecular weight is 591 g/mol. The van der Waals surface area contributed by atoms with Gasteiger partial charge in [0.1, 0.15) is 17.2 Å². The van der Waals surface area contributed by atoms with E-state index in [-0.39, 0.29) is 11.8 Å². The van der Waals surface area contributed by atoms with Crippen LogP contribution in [0.4, 0.5) is 0 Å². The van der Waals surface area contributed by atoms with Gasteiger partial charge in [0.05, 0.1) is 0 Å². The van der Waals surface area contributed by atoms with Gasteiger partial charge in [0.15, 0.2) is 0 Å². The molecule has 0 aliphatic rings. The third-order valence-electron chi connectivity index (χ3n) is 7.93. The first-order valence-electron chi connectivity index (χ1n) is 14.7. The van der Waals surface area contributed by atoms with Crippen LogP contribution in [0.3, 0.4) is 0 Å². The second-order valence-electron chi connectivity index (χ2n) is 11.3. The molecule has 5 aromatic carbocycles. The van der Waals surface area contributed by atoms with Crippen molar-refractivity contribution in [3.63, 3.8) is 0 Å². The summed E-state index contributed by atoms with van der Waals surface area (Å²) in [5.74, 6) is 1.78. The fourth-order valence-electron chi connectivity index (χ4n) is 5.51. The van der Waals surface area contributed by atoms with E-state index >= 15 is 0 Å². The lowest BCUT2D eigenvalue weighted by molar-refractivity contribution is 0.295. The predicted molar refractivity (Wildman–Crippen MR) is 176 cm³/mol. The van der Waals surface area contributed by atoms with Crippen molar-refractivity contribution in [1.82, 2.24) is 0 Å². The van der Waals surface area contributed by atoms with Crippen molar-refractivity contribution in [2.24, 2.45) is 0 Å². The molecule has 5 aromatic rings. The summed E-state index contributed by atoms with van der Waals surface area (Å²) in [6, 6.07) is 38.1. The number of rotatable bonds is 10. The number of aryl methyl sites for hydroxylation is 4. The topological polar surface area (TPSA) is 44.8 Å². The first-order chi connectivity index (χ1) is 20.6. The first kappa shape index (κ1) is 30.2. The van der Waals surface area contributed by atoms with Gasteiger partial charge in [-0.15, -0.1) is 0 Å². The Hall–Kier alpha value is -4.27. The van der Waals surface area contributed by atoms with Crippen LogP contribution in [0, 0.1) is 27.7 Å². The van der Waals surface area contributed by atoms with Crippen molar-refractivity contribution in [1.29, 1.82) is 0 Å². The maximum Gasteiger partial charge on any atom is 0.647 e. The zero-order valence-electron chi connectivity index (χ0n) is 25.7. The largest absolute Gasteiger partial charge is 0.647 e. The second kappa shape index (κ2) is 12.9. The zero-order chi connectivity index (χ0) is 30.6. The van der Waals surface area contributed by atoms with Gasteiger partial charge in [-0.25, -0.2) is 0 Å². The fourth-order valence-corrected chi connectivity index (χ4v) is 7.03. The number of hydrogen-bond acceptors (Lipinski definition) is 4. The van der Waals surface area contributed by atoms with Gasteiger partial charge in [-0.2, -0.15) is 4.57 Å². The molecule has 0 aromatic heterocycles. The van der Waals surface area contributed by atoms with Gasteiger partial charge in [0.2, 0.25) is 0 Å². The molecule has 0 heterocycles. The second-order valence-corrected chi connectivity index (χ2v) is 12.7. The van der Waals surface area contributed by atoms with E-state index in [0.717, 1.165) is 33.4 Å². The molecule has 0 bridgehead atoms. The van der Waals surface area contributed by atoms with Gasteiger partial charge in [0.25, 0.3) is 0 Å². The van der Waals surface area contributed by atoms with E-state index in [0.29, 0.717) is 17.2 Å². The normalized spacial score (nSPS) is 13.9. The van der Waals surface area contributed by atoms with Crippen molar-refractivity contribution in [3.8, 4) is 17.2 Å². The van der Waals surface area contributed by atoms with Crippen LogP contribution < -0.4 is 13.6 Å². The molecule has 2 unspecified atom stereocenters. The Morgan fingerprint density at radius 3 is 1.14 bits per heavy atom. The molecular formula is C38H39O4P. The number of phosphoric ester groups is 1. The summed E-state index contributed by atoms with van der Waals surface area (Å²) in [7, 11) is -4.19. The van der Waals surface area contributed by atoms with Gasteiger partial charge < -0.3 is 13.6 Å². The average Bonchev–Trinajstić information content (AvgIpc) is 3.01. The molecular weight excluding hydrogens is 551 g/mol. The molecule has 0 aliphatic heterocycles. The number of hydrogen-bond donors (Lipinski definition) is 0. The Bertz CT molecular complexity index is 1580. The standard InChI is InChI=1S/C38H39O4P/c1-26-22-34(30(5)32-16-10-7-11-17-32)23-27(2)37(26)41-43(39,40-36-20-14-9-15-21-36)42-38-28(3)24-35(25-29(38)4)31(6)33-18-12-8-13-19-33/h7-25,30-31H,1-6H3. The summed E-state index contributed by atoms with van der Waals surface area (Å²) in [5.41, 5.74) is 8.21. The molecule has 220 valence electrons. The van der Waals surface area contributed by atoms with Crippen molar-refractivity contribution >= 4 is 7.82 Å². The molecule has 4 nitrogen and oxygen atoms in total. The lowest BCUT2D eigenvalue weighted by atomic mass is 9.91. The highest BCUT2D eigenvalue weighted by molar-refractivity contribution is 7.49. The molecule has 0 N–H and O–H groups in total. The lowest BCUT2D eigenvalue weighted by Gasteiger charge is -2.24. The number of phosphoric acid groups is 1. The van der Waals surface area contributed by atoms with E-state index in [1.165, 1.54) is 11.1 Å². The monoisotopic (exact) mass is 590 g/mol. The van der Waals surface area contributed by atoms with Crippen LogP contribution in [0.1, 0.15) is 70.2 Å². The Morgan fingerprint density at radius 2 is 0.791 bits per heavy atom. The number of benzene rings is 5. The van der Waals surface area contributed by atoms with Crippen molar-refractivity contribution < 1.29 is 18.1 Å². The van der Waals surface area contributed by atoms with Crippen LogP contribution in [0.15, 0.2) is 115 Å². The molecule has 0 saturated carbocycles. The number of para-hydroxylation sites is 1. The molecule has 5 rings (SSSR count). The van der Waals surface area contributed by atoms with Gasteiger partial charge in [-0.1, -0.05) is 117 Å². The minimum Gasteiger partial charge on any atom is -0.386 e. The molecule has 2 atom stereocenters. The Labute approximate surface area is 255 Å². The van der Waals surface area contributed by atoms with E-state index in [1.54, 1.807) is 12.1 Å². The van der Waals surface area contributed by atoms with E-state index < -0.39 is 7.82 Å². The summed E-state index contributed by atoms with van der Waals surface area (Å²) >= 11 is 0. The minimum absolute atomic E-state index is 0.193. The molecule has 43 heavy (non-hydrogen) atoms. The van der Waals surface area contributed by atoms with E-state index in [4.69, 9.17) is 13.6 Å². The zero-order valence-corrected chi connectivity index (χ0v) is 26.6. The van der Waals surface area contributed by atoms with E-state index in [9.17, 15) is 4.57 Å². The Balaban J connectivity index is 1.48. The van der Waals surface area contributed by atoms with Crippen LogP contribution in [0.25, 0.3) is 0 Å². The quantitative estimate of drug-likeness (QED) is 0.152. The Morgan fingerprint density at radius 1 is 0.465 bits per heavy atom. The highest BCUT2D eigenvalue weighted by Crippen LogP contribution is 2.53. The highest BCUT2D eigenvalue weighted by Gasteiger charge is 2.36. The summed E-state index contributed by atoms with van der Waals surface area (Å²) in [4.78, 5) is 0. The molecule has 0 radical (unpaired) electrons. The van der Waals surface area contributed by atoms with Gasteiger partial charge in [-0.05, 0) is 84.3 Å². The van der Waals surface area contributed by atoms with Crippen LogP contribution in [0.5, 0.6) is 17.2 Å². The molecule has 5 heteroatoms. The fraction of sp³-hybridized carbons (Fsp3) is 0.211. The highest BCUT2D eigenvalue weighted by atomic mass is 31.2. The van der Waals surface area contributed by atoms with Crippen LogP contribution in [-0.2, 0) is 4.57 Å². The van der Waals surface area contributed by atoms with Crippen LogP contribution >= 0.6 is 7.82 Å². The molecule has 0 spiro atoms. The minimum atomic E-state index is -4.19. The summed E-state index contributed by atoms with van der Waals surface area (Å²) in [6.07, 6.45) is 0. The van der Waals surface area contributed by atoms with Gasteiger partial charge in [0, 0.05) is 11.8 Å². The van der Waals surface area contributed by atoms with Crippen molar-refractivity contribution in [3.05, 3.63) is 160 Å². The Kier molecular flexibility index (Phi) is 9.08. The van der Waals surface area contributed by atoms with Gasteiger partial charge in [-0.3, -0.25) is 0 Å². The van der Waals surface area contributed by atoms with Gasteiger partial charge >= 0.3 is 7.82 Å². The first-order valence-corrected chi connectivity index (χ1v) is 16.2. The summed E-state index contributed by atoms with van der Waals surface area (Å²) < 4.78 is 33.1. The van der Waals surface area contributed by atoms with Crippen molar-refractivity contribution in [2.45, 2.75) is 53.4 Å². The van der Waals surface area contributed by atoms with E-state index in [2.05, 4.69) is 86.6 Å². The SMILES string of the molecule is Cc1cc(C(C)c2ccccc2)cc(C)c1OP(=O)(Oc1ccccc1)Oc1c(C)cc(C(C)c2ccccc2)cc1C. The molecule has 0 amide bonds. The van der Waals surface area contributed by atoms with Crippen molar-refractivity contribution in [2.75, 3.05) is 0 Å². The predicted octanol–water partition coefficient (Wildman–Crippen LogP) is 10.9. The lowest BCUT2D eigenvalue weighted by Crippen LogP contribution is -2.11. The molecule has 0 aliphatic carbocycles. The third kappa shape index (κ3) is 7.04. The smallest absolute Gasteiger partial charge is 0.386 e.